The number of rotatable bonds is 0. The number of aliphatic hydroxyl groups excluding tert-OH is 1. The van der Waals surface area contributed by atoms with Gasteiger partial charge in [0.1, 0.15) is 11.7 Å². The first-order chi connectivity index (χ1) is 10.7. The molecule has 126 valence electrons. The van der Waals surface area contributed by atoms with Crippen LogP contribution in [0, 0.1) is 11.3 Å². The Morgan fingerprint density at radius 1 is 1.35 bits per heavy atom. The molecule has 1 aliphatic heterocycles. The molecule has 0 aromatic rings. The molecule has 1 fully saturated rings. The largest absolute Gasteiger partial charge is 0.389 e. The van der Waals surface area contributed by atoms with Crippen molar-refractivity contribution < 1.29 is 14.6 Å². The van der Waals surface area contributed by atoms with Crippen LogP contribution >= 0.6 is 0 Å². The molecule has 0 spiro atoms. The second-order valence-electron chi connectivity index (χ2n) is 8.02. The van der Waals surface area contributed by atoms with Gasteiger partial charge in [0.2, 0.25) is 0 Å². The SMILES string of the molecule is C=C1C2=C[C@H](O)[C@H](C)[C@@]1(C)CC/C(C)=C\CC[C@@]1(C)O[C@H]1C2=O. The van der Waals surface area contributed by atoms with Crippen molar-refractivity contribution in [2.75, 3.05) is 0 Å². The lowest BCUT2D eigenvalue weighted by molar-refractivity contribution is -0.117. The number of ether oxygens (including phenoxy) is 1. The lowest BCUT2D eigenvalue weighted by atomic mass is 9.61. The highest BCUT2D eigenvalue weighted by Gasteiger charge is 2.58. The van der Waals surface area contributed by atoms with E-state index in [9.17, 15) is 9.90 Å². The van der Waals surface area contributed by atoms with Crippen LogP contribution in [0.4, 0.5) is 0 Å². The highest BCUT2D eigenvalue weighted by atomic mass is 16.6. The van der Waals surface area contributed by atoms with Gasteiger partial charge in [-0.1, -0.05) is 32.1 Å². The molecule has 3 nitrogen and oxygen atoms in total. The van der Waals surface area contributed by atoms with Crippen LogP contribution in [-0.2, 0) is 9.53 Å². The smallest absolute Gasteiger partial charge is 0.194 e. The average Bonchev–Trinajstić information content (AvgIpc) is 3.17. The number of carbonyl (C=O) groups excluding carboxylic acids is 1. The van der Waals surface area contributed by atoms with Crippen molar-refractivity contribution in [3.8, 4) is 0 Å². The molecule has 1 saturated heterocycles. The van der Waals surface area contributed by atoms with E-state index in [4.69, 9.17) is 4.74 Å². The van der Waals surface area contributed by atoms with Gasteiger partial charge >= 0.3 is 0 Å². The number of epoxide rings is 1. The van der Waals surface area contributed by atoms with E-state index < -0.39 is 6.10 Å². The van der Waals surface area contributed by atoms with E-state index in [1.54, 1.807) is 6.08 Å². The first-order valence-corrected chi connectivity index (χ1v) is 8.66. The van der Waals surface area contributed by atoms with Crippen LogP contribution < -0.4 is 0 Å². The minimum atomic E-state index is -0.610. The molecule has 3 aliphatic rings. The molecule has 0 aromatic carbocycles. The van der Waals surface area contributed by atoms with E-state index in [0.717, 1.165) is 31.3 Å². The number of allylic oxidation sites excluding steroid dienone is 3. The minimum absolute atomic E-state index is 0.00375. The molecule has 1 heterocycles. The Kier molecular flexibility index (Phi) is 3.93. The van der Waals surface area contributed by atoms with Crippen LogP contribution in [0.1, 0.15) is 53.4 Å². The van der Waals surface area contributed by atoms with Crippen molar-refractivity contribution in [2.45, 2.75) is 71.2 Å². The predicted octanol–water partition coefficient (Wildman–Crippen LogP) is 3.73. The van der Waals surface area contributed by atoms with E-state index in [2.05, 4.69) is 33.4 Å². The fraction of sp³-hybridized carbons (Fsp3) is 0.650. The van der Waals surface area contributed by atoms with Gasteiger partial charge in [0.25, 0.3) is 0 Å². The number of fused-ring (bicyclic) bond motifs is 3. The van der Waals surface area contributed by atoms with Crippen LogP contribution in [0.2, 0.25) is 0 Å². The second-order valence-corrected chi connectivity index (χ2v) is 8.02. The number of ketones is 1. The Balaban J connectivity index is 2.03. The standard InChI is InChI=1S/C20H28O3/c1-12-7-6-9-20(5)18(23-20)17(22)15-11-16(21)14(3)19(4,10-8-12)13(15)2/h7,11,14,16,18,21H,2,6,8-10H2,1,3-5H3/b12-7-/t14-,16-,18-,19-,20+/m0/s1. The lowest BCUT2D eigenvalue weighted by Gasteiger charge is -2.44. The van der Waals surface area contributed by atoms with E-state index in [-0.39, 0.29) is 28.8 Å². The summed E-state index contributed by atoms with van der Waals surface area (Å²) in [6.45, 7) is 12.6. The molecule has 0 radical (unpaired) electrons. The van der Waals surface area contributed by atoms with Crippen LogP contribution in [0.15, 0.2) is 35.5 Å². The zero-order valence-electron chi connectivity index (χ0n) is 14.7. The fourth-order valence-corrected chi connectivity index (χ4v) is 4.05. The molecule has 0 unspecified atom stereocenters. The monoisotopic (exact) mass is 316 g/mol. The summed E-state index contributed by atoms with van der Waals surface area (Å²) in [4.78, 5) is 12.9. The van der Waals surface area contributed by atoms with Crippen LogP contribution in [-0.4, -0.2) is 28.7 Å². The molecule has 0 aromatic heterocycles. The van der Waals surface area contributed by atoms with Gasteiger partial charge in [-0.05, 0) is 62.5 Å². The van der Waals surface area contributed by atoms with Crippen molar-refractivity contribution >= 4 is 5.78 Å². The third-order valence-corrected chi connectivity index (χ3v) is 6.43. The third-order valence-electron chi connectivity index (χ3n) is 6.43. The van der Waals surface area contributed by atoms with Crippen molar-refractivity contribution in [1.29, 1.82) is 0 Å². The zero-order valence-corrected chi connectivity index (χ0v) is 14.7. The topological polar surface area (TPSA) is 49.8 Å². The molecule has 2 bridgehead atoms. The maximum atomic E-state index is 12.9. The van der Waals surface area contributed by atoms with Gasteiger partial charge in [0.05, 0.1) is 6.10 Å². The summed E-state index contributed by atoms with van der Waals surface area (Å²) in [6, 6.07) is 0. The minimum Gasteiger partial charge on any atom is -0.389 e. The molecule has 0 saturated carbocycles. The summed E-state index contributed by atoms with van der Waals surface area (Å²) >= 11 is 0. The van der Waals surface area contributed by atoms with Gasteiger partial charge in [0, 0.05) is 5.57 Å². The summed E-state index contributed by atoms with van der Waals surface area (Å²) in [5, 5.41) is 10.5. The third kappa shape index (κ3) is 2.64. The summed E-state index contributed by atoms with van der Waals surface area (Å²) in [6.07, 6.45) is 6.65. The number of hydrogen-bond donors (Lipinski definition) is 1. The Hall–Kier alpha value is -1.19. The van der Waals surface area contributed by atoms with Gasteiger partial charge in [-0.25, -0.2) is 0 Å². The average molecular weight is 316 g/mol. The Labute approximate surface area is 139 Å². The van der Waals surface area contributed by atoms with Crippen LogP contribution in [0.3, 0.4) is 0 Å². The van der Waals surface area contributed by atoms with Crippen LogP contribution in [0.5, 0.6) is 0 Å². The molecule has 5 atom stereocenters. The number of aliphatic hydroxyl groups is 1. The molecular formula is C20H28O3. The van der Waals surface area contributed by atoms with Crippen LogP contribution in [0.25, 0.3) is 0 Å². The maximum absolute atomic E-state index is 12.9. The highest BCUT2D eigenvalue weighted by molar-refractivity contribution is 6.05. The molecule has 3 heteroatoms. The normalized spacial score (nSPS) is 46.7. The summed E-state index contributed by atoms with van der Waals surface area (Å²) in [7, 11) is 0. The second kappa shape index (κ2) is 5.42. The number of hydrogen-bond acceptors (Lipinski definition) is 3. The molecule has 1 N–H and O–H groups in total. The van der Waals surface area contributed by atoms with E-state index in [1.807, 2.05) is 6.92 Å². The summed E-state index contributed by atoms with van der Waals surface area (Å²) in [5.41, 5.74) is 2.20. The Morgan fingerprint density at radius 3 is 2.74 bits per heavy atom. The van der Waals surface area contributed by atoms with Gasteiger partial charge in [0.15, 0.2) is 5.78 Å². The molecule has 0 amide bonds. The summed E-state index contributed by atoms with van der Waals surface area (Å²) < 4.78 is 5.76. The quantitative estimate of drug-likeness (QED) is 0.547. The van der Waals surface area contributed by atoms with E-state index in [1.165, 1.54) is 5.57 Å². The Morgan fingerprint density at radius 2 is 2.04 bits per heavy atom. The predicted molar refractivity (Wildman–Crippen MR) is 91.0 cm³/mol. The van der Waals surface area contributed by atoms with Crippen molar-refractivity contribution in [3.63, 3.8) is 0 Å². The highest BCUT2D eigenvalue weighted by Crippen LogP contribution is 2.51. The van der Waals surface area contributed by atoms with Crippen molar-refractivity contribution in [3.05, 3.63) is 35.5 Å². The number of Topliss-reactive ketones (excluding diaryl/α,β-unsaturated/α-hetero) is 1. The summed E-state index contributed by atoms with van der Waals surface area (Å²) in [5.74, 6) is 0.0461. The van der Waals surface area contributed by atoms with Gasteiger partial charge in [-0.3, -0.25) is 4.79 Å². The first-order valence-electron chi connectivity index (χ1n) is 8.66. The van der Waals surface area contributed by atoms with Gasteiger partial charge in [-0.2, -0.15) is 0 Å². The number of carbonyl (C=O) groups is 1. The van der Waals surface area contributed by atoms with Gasteiger partial charge in [-0.15, -0.1) is 0 Å². The van der Waals surface area contributed by atoms with Crippen molar-refractivity contribution in [1.82, 2.24) is 0 Å². The van der Waals surface area contributed by atoms with E-state index in [0.29, 0.717) is 5.57 Å². The first kappa shape index (κ1) is 16.7. The molecule has 3 rings (SSSR count). The lowest BCUT2D eigenvalue weighted by Crippen LogP contribution is -2.41. The Bertz CT molecular complexity index is 614. The molecular weight excluding hydrogens is 288 g/mol. The fourth-order valence-electron chi connectivity index (χ4n) is 4.05. The molecule has 23 heavy (non-hydrogen) atoms. The van der Waals surface area contributed by atoms with Crippen molar-refractivity contribution in [2.24, 2.45) is 11.3 Å². The maximum Gasteiger partial charge on any atom is 0.194 e. The van der Waals surface area contributed by atoms with Gasteiger partial charge < -0.3 is 9.84 Å². The van der Waals surface area contributed by atoms with E-state index >= 15 is 0 Å². The molecule has 2 aliphatic carbocycles. The zero-order chi connectivity index (χ0) is 17.0.